The van der Waals surface area contributed by atoms with Crippen LogP contribution in [-0.2, 0) is 13.1 Å². The first-order valence-corrected chi connectivity index (χ1v) is 23.7. The molecule has 0 spiro atoms. The van der Waals surface area contributed by atoms with Crippen LogP contribution in [0.1, 0.15) is 102 Å². The summed E-state index contributed by atoms with van der Waals surface area (Å²) in [4.78, 5) is 73.5. The number of nitrogens with one attached hydrogen (secondary N) is 2. The lowest BCUT2D eigenvalue weighted by atomic mass is 9.83. The average molecular weight is 936 g/mol. The summed E-state index contributed by atoms with van der Waals surface area (Å²) in [6.07, 6.45) is 5.39. The van der Waals surface area contributed by atoms with Crippen molar-refractivity contribution in [3.05, 3.63) is 182 Å². The highest BCUT2D eigenvalue weighted by atomic mass is 32.1. The molecular formula is C52H53N7O6S2. The topological polar surface area (TPSA) is 148 Å². The largest absolute Gasteiger partial charge is 0.361 e. The normalized spacial score (nSPS) is 15.5. The number of hydrazine groups is 1. The number of nitrogens with zero attached hydrogens (tertiary/aromatic N) is 5. The van der Waals surface area contributed by atoms with E-state index in [1.807, 2.05) is 24.3 Å². The summed E-state index contributed by atoms with van der Waals surface area (Å²) < 4.78 is 0. The zero-order valence-corrected chi connectivity index (χ0v) is 38.8. The molecule has 8 rings (SSSR count). The summed E-state index contributed by atoms with van der Waals surface area (Å²) in [6.45, 7) is 6.29. The molecule has 1 aliphatic carbocycles. The number of rotatable bonds is 13. The number of carbonyl (C=O) groups excluding carboxylic acids is 4. The molecule has 13 nitrogen and oxygen atoms in total. The van der Waals surface area contributed by atoms with Crippen molar-refractivity contribution in [2.75, 3.05) is 39.3 Å². The number of non-ortho nitro benzene ring substituents is 1. The molecule has 0 aromatic heterocycles. The van der Waals surface area contributed by atoms with Gasteiger partial charge in [-0.25, -0.2) is 0 Å². The number of hydrogen-bond donors (Lipinski definition) is 2. The van der Waals surface area contributed by atoms with Gasteiger partial charge in [-0.3, -0.25) is 39.1 Å². The van der Waals surface area contributed by atoms with Crippen LogP contribution in [0.4, 0.5) is 5.69 Å². The molecule has 3 aliphatic rings. The Bertz CT molecular complexity index is 2650. The first-order valence-electron chi connectivity index (χ1n) is 22.9. The summed E-state index contributed by atoms with van der Waals surface area (Å²) in [7, 11) is 0. The minimum Gasteiger partial charge on any atom is -0.361 e. The molecule has 2 saturated heterocycles. The number of amides is 2. The van der Waals surface area contributed by atoms with E-state index >= 15 is 4.79 Å². The third-order valence-corrected chi connectivity index (χ3v) is 13.6. The highest BCUT2D eigenvalue weighted by molar-refractivity contribution is 7.80. The number of carbonyl (C=O) groups is 4. The van der Waals surface area contributed by atoms with Crippen LogP contribution in [0.25, 0.3) is 0 Å². The molecule has 2 fully saturated rings. The van der Waals surface area contributed by atoms with Crippen molar-refractivity contribution in [2.24, 2.45) is 11.8 Å². The van der Waals surface area contributed by atoms with Gasteiger partial charge in [-0.1, -0.05) is 91.0 Å². The number of ketones is 2. The van der Waals surface area contributed by atoms with Crippen molar-refractivity contribution in [3.63, 3.8) is 0 Å². The third kappa shape index (κ3) is 11.4. The van der Waals surface area contributed by atoms with Gasteiger partial charge in [0.05, 0.1) is 4.92 Å². The number of fused-ring (bicyclic) bond motifs is 2. The standard InChI is InChI=1S/C52H53N7O6S2/c60-47-43-16-7-8-17-44(43)48(61)46-33-41(18-19-45(46)47)50(63)58(52(67)54-27-21-37-24-30-56(31-25-37)35-39-12-5-2-6-13-39)57(49(62)40-14-9-15-42(32-40)59(64)65)51(66)53-26-20-36-22-28-55(29-23-36)34-38-10-3-1-4-11-38/h1-19,32-33,36-37H,20-31,34-35H2,(H,53,66)(H,54,67). The van der Waals surface area contributed by atoms with Crippen molar-refractivity contribution in [3.8, 4) is 0 Å². The molecule has 0 bridgehead atoms. The lowest BCUT2D eigenvalue weighted by molar-refractivity contribution is -0.384. The lowest BCUT2D eigenvalue weighted by Crippen LogP contribution is -2.60. The molecule has 0 radical (unpaired) electrons. The van der Waals surface area contributed by atoms with E-state index in [2.05, 4.69) is 56.8 Å². The van der Waals surface area contributed by atoms with Crippen LogP contribution < -0.4 is 10.6 Å². The summed E-state index contributed by atoms with van der Waals surface area (Å²) in [5.41, 5.74) is 2.77. The number of nitro groups is 1. The second-order valence-corrected chi connectivity index (χ2v) is 18.2. The first kappa shape index (κ1) is 47.0. The third-order valence-electron chi connectivity index (χ3n) is 13.0. The smallest absolute Gasteiger partial charge is 0.279 e. The zero-order valence-electron chi connectivity index (χ0n) is 37.2. The van der Waals surface area contributed by atoms with Gasteiger partial charge in [0.15, 0.2) is 21.8 Å². The zero-order chi connectivity index (χ0) is 46.9. The van der Waals surface area contributed by atoms with Crippen LogP contribution in [0.5, 0.6) is 0 Å². The second kappa shape index (κ2) is 21.9. The first-order chi connectivity index (χ1) is 32.5. The predicted molar refractivity (Wildman–Crippen MR) is 265 cm³/mol. The van der Waals surface area contributed by atoms with E-state index in [0.29, 0.717) is 24.9 Å². The van der Waals surface area contributed by atoms with Gasteiger partial charge >= 0.3 is 0 Å². The second-order valence-electron chi connectivity index (χ2n) is 17.5. The van der Waals surface area contributed by atoms with Gasteiger partial charge in [0, 0.05) is 71.7 Å². The maximum absolute atomic E-state index is 15.1. The summed E-state index contributed by atoms with van der Waals surface area (Å²) in [5, 5.41) is 20.0. The summed E-state index contributed by atoms with van der Waals surface area (Å²) in [6, 6.07) is 36.7. The highest BCUT2D eigenvalue weighted by Gasteiger charge is 2.37. The number of thiocarbonyl (C=S) groups is 2. The molecule has 344 valence electrons. The molecule has 2 aliphatic heterocycles. The highest BCUT2D eigenvalue weighted by Crippen LogP contribution is 2.30. The molecule has 0 saturated carbocycles. The van der Waals surface area contributed by atoms with E-state index < -0.39 is 22.5 Å². The molecule has 15 heteroatoms. The monoisotopic (exact) mass is 935 g/mol. The Morgan fingerprint density at radius 1 is 0.567 bits per heavy atom. The molecule has 5 aromatic rings. The van der Waals surface area contributed by atoms with E-state index in [0.717, 1.165) is 93.9 Å². The minimum absolute atomic E-state index is 0.0314. The van der Waals surface area contributed by atoms with Gasteiger partial charge in [0.2, 0.25) is 0 Å². The molecule has 0 unspecified atom stereocenters. The quantitative estimate of drug-likeness (QED) is 0.0653. The van der Waals surface area contributed by atoms with Gasteiger partial charge in [0.1, 0.15) is 0 Å². The fraction of sp³-hybridized carbons (Fsp3) is 0.308. The van der Waals surface area contributed by atoms with Crippen molar-refractivity contribution in [1.82, 2.24) is 30.5 Å². The number of likely N-dealkylation sites (tertiary alicyclic amines) is 2. The Hall–Kier alpha value is -6.52. The van der Waals surface area contributed by atoms with Crippen LogP contribution in [-0.4, -0.2) is 97.6 Å². The molecule has 0 atom stereocenters. The molecule has 67 heavy (non-hydrogen) atoms. The maximum atomic E-state index is 15.1. The fourth-order valence-corrected chi connectivity index (χ4v) is 9.78. The van der Waals surface area contributed by atoms with E-state index in [1.165, 1.54) is 47.5 Å². The number of nitro benzene ring substituents is 1. The van der Waals surface area contributed by atoms with Gasteiger partial charge in [-0.2, -0.15) is 10.0 Å². The van der Waals surface area contributed by atoms with E-state index in [-0.39, 0.29) is 55.1 Å². The Balaban J connectivity index is 1.03. The van der Waals surface area contributed by atoms with Crippen LogP contribution in [0.3, 0.4) is 0 Å². The van der Waals surface area contributed by atoms with E-state index in [4.69, 9.17) is 24.4 Å². The molecule has 2 heterocycles. The van der Waals surface area contributed by atoms with Crippen molar-refractivity contribution in [2.45, 2.75) is 51.6 Å². The van der Waals surface area contributed by atoms with Gasteiger partial charge < -0.3 is 10.6 Å². The van der Waals surface area contributed by atoms with Crippen molar-refractivity contribution in [1.29, 1.82) is 0 Å². The average Bonchev–Trinajstić information content (AvgIpc) is 3.36. The Labute approximate surface area is 401 Å². The number of hydrogen-bond acceptors (Lipinski definition) is 10. The Morgan fingerprint density at radius 3 is 1.48 bits per heavy atom. The maximum Gasteiger partial charge on any atom is 0.279 e. The summed E-state index contributed by atoms with van der Waals surface area (Å²) >= 11 is 12.0. The fourth-order valence-electron chi connectivity index (χ4n) is 9.24. The van der Waals surface area contributed by atoms with Crippen LogP contribution >= 0.6 is 24.4 Å². The van der Waals surface area contributed by atoms with Crippen LogP contribution in [0.2, 0.25) is 0 Å². The van der Waals surface area contributed by atoms with E-state index in [9.17, 15) is 24.5 Å². The van der Waals surface area contributed by atoms with Crippen LogP contribution in [0, 0.1) is 22.0 Å². The minimum atomic E-state index is -0.836. The van der Waals surface area contributed by atoms with E-state index in [1.54, 1.807) is 24.3 Å². The Kier molecular flexibility index (Phi) is 15.3. The van der Waals surface area contributed by atoms with Gasteiger partial charge in [-0.05, 0) is 136 Å². The summed E-state index contributed by atoms with van der Waals surface area (Å²) in [5.74, 6) is -1.64. The van der Waals surface area contributed by atoms with Crippen molar-refractivity contribution < 1.29 is 24.1 Å². The predicted octanol–water partition coefficient (Wildman–Crippen LogP) is 8.22. The molecule has 2 N–H and O–H groups in total. The molecule has 5 aromatic carbocycles. The van der Waals surface area contributed by atoms with Gasteiger partial charge in [0.25, 0.3) is 17.5 Å². The lowest BCUT2D eigenvalue weighted by Gasteiger charge is -2.36. The SMILES string of the molecule is O=C1c2ccccc2C(=O)c2cc(C(=O)N(C(=S)NCCC3CCN(Cc4ccccc4)CC3)N(C(=O)c3cccc([N+](=O)[O-])c3)C(=S)NCCC3CCN(Cc4ccccc4)CC3)ccc21. The van der Waals surface area contributed by atoms with Gasteiger partial charge in [-0.15, -0.1) is 0 Å². The van der Waals surface area contributed by atoms with Crippen LogP contribution in [0.15, 0.2) is 127 Å². The Morgan fingerprint density at radius 2 is 1.00 bits per heavy atom. The number of benzene rings is 5. The van der Waals surface area contributed by atoms with Crippen molar-refractivity contribution >= 4 is 63.7 Å². The molecular weight excluding hydrogens is 883 g/mol. The number of piperidine rings is 2. The molecule has 2 amide bonds.